The largest absolute Gasteiger partial charge is 0.465 e. The van der Waals surface area contributed by atoms with E-state index in [-0.39, 0.29) is 18.9 Å². The van der Waals surface area contributed by atoms with E-state index in [4.69, 9.17) is 5.73 Å². The van der Waals surface area contributed by atoms with Gasteiger partial charge in [0.05, 0.1) is 12.8 Å². The molecule has 1 heterocycles. The van der Waals surface area contributed by atoms with Gasteiger partial charge in [0.15, 0.2) is 5.13 Å². The summed E-state index contributed by atoms with van der Waals surface area (Å²) in [5.74, 6) is -0.665. The predicted octanol–water partition coefficient (Wildman–Crippen LogP) is 0.525. The van der Waals surface area contributed by atoms with Gasteiger partial charge in [-0.05, 0) is 6.92 Å². The number of nitrogens with one attached hydrogen (secondary N) is 1. The molecule has 7 heteroatoms. The number of nitrogens with two attached hydrogens (primary N) is 1. The molecule has 0 aliphatic heterocycles. The van der Waals surface area contributed by atoms with Crippen molar-refractivity contribution in [3.63, 3.8) is 0 Å². The van der Waals surface area contributed by atoms with Crippen LogP contribution in [0.1, 0.15) is 21.8 Å². The number of aryl methyl sites for hydroxylation is 1. The second-order valence-corrected chi connectivity index (χ2v) is 4.01. The molecular weight excluding hydrogens is 230 g/mol. The molecule has 0 aromatic carbocycles. The fraction of sp³-hybridized carbons (Fsp3) is 0.444. The summed E-state index contributed by atoms with van der Waals surface area (Å²) in [5, 5.41) is 2.95. The zero-order chi connectivity index (χ0) is 12.1. The van der Waals surface area contributed by atoms with E-state index >= 15 is 0 Å². The van der Waals surface area contributed by atoms with E-state index in [1.54, 1.807) is 6.92 Å². The molecule has 88 valence electrons. The summed E-state index contributed by atoms with van der Waals surface area (Å²) in [4.78, 5) is 26.9. The maximum atomic E-state index is 11.3. The Kier molecular flexibility index (Phi) is 4.39. The first-order valence-electron chi connectivity index (χ1n) is 4.64. The number of thiazole rings is 1. The number of carbonyl (C=O) groups is 2. The van der Waals surface area contributed by atoms with Gasteiger partial charge in [0.1, 0.15) is 4.88 Å². The number of amides is 1. The van der Waals surface area contributed by atoms with Crippen LogP contribution in [-0.4, -0.2) is 30.5 Å². The van der Waals surface area contributed by atoms with Crippen molar-refractivity contribution in [2.45, 2.75) is 13.3 Å². The van der Waals surface area contributed by atoms with Crippen LogP contribution in [0.25, 0.3) is 0 Å². The molecule has 0 atom stereocenters. The maximum Gasteiger partial charge on any atom is 0.350 e. The highest BCUT2D eigenvalue weighted by molar-refractivity contribution is 7.17. The summed E-state index contributed by atoms with van der Waals surface area (Å²) in [6.45, 7) is 1.96. The maximum absolute atomic E-state index is 11.3. The van der Waals surface area contributed by atoms with E-state index in [9.17, 15) is 9.59 Å². The van der Waals surface area contributed by atoms with E-state index in [1.165, 1.54) is 7.11 Å². The van der Waals surface area contributed by atoms with Crippen molar-refractivity contribution in [2.24, 2.45) is 5.73 Å². The summed E-state index contributed by atoms with van der Waals surface area (Å²) < 4.78 is 4.58. The smallest absolute Gasteiger partial charge is 0.350 e. The highest BCUT2D eigenvalue weighted by Crippen LogP contribution is 2.23. The van der Waals surface area contributed by atoms with Crippen molar-refractivity contribution in [3.05, 3.63) is 10.6 Å². The van der Waals surface area contributed by atoms with Crippen LogP contribution in [0.5, 0.6) is 0 Å². The van der Waals surface area contributed by atoms with Gasteiger partial charge < -0.3 is 15.8 Å². The molecule has 1 aromatic rings. The van der Waals surface area contributed by atoms with Crippen molar-refractivity contribution in [1.29, 1.82) is 0 Å². The number of rotatable bonds is 4. The standard InChI is InChI=1S/C9H13N3O3S/c1-5-7(8(14)15-2)16-9(11-5)12-6(13)3-4-10/h3-4,10H2,1-2H3,(H,11,12,13). The molecule has 16 heavy (non-hydrogen) atoms. The lowest BCUT2D eigenvalue weighted by atomic mass is 10.4. The van der Waals surface area contributed by atoms with Gasteiger partial charge in [-0.15, -0.1) is 0 Å². The van der Waals surface area contributed by atoms with E-state index in [0.29, 0.717) is 15.7 Å². The average molecular weight is 243 g/mol. The first-order valence-corrected chi connectivity index (χ1v) is 5.45. The normalized spacial score (nSPS) is 9.94. The van der Waals surface area contributed by atoms with Crippen molar-refractivity contribution in [1.82, 2.24) is 4.98 Å². The number of methoxy groups -OCH3 is 1. The topological polar surface area (TPSA) is 94.3 Å². The molecule has 1 aromatic heterocycles. The van der Waals surface area contributed by atoms with Gasteiger partial charge in [0.25, 0.3) is 0 Å². The molecule has 0 radical (unpaired) electrons. The number of hydrogen-bond donors (Lipinski definition) is 2. The van der Waals surface area contributed by atoms with E-state index in [1.807, 2.05) is 0 Å². The Morgan fingerprint density at radius 3 is 2.81 bits per heavy atom. The molecule has 0 saturated carbocycles. The minimum absolute atomic E-state index is 0.215. The van der Waals surface area contributed by atoms with Crippen LogP contribution in [0, 0.1) is 6.92 Å². The number of carbonyl (C=O) groups excluding carboxylic acids is 2. The Bertz CT molecular complexity index is 403. The van der Waals surface area contributed by atoms with Gasteiger partial charge in [-0.25, -0.2) is 9.78 Å². The number of nitrogens with zero attached hydrogens (tertiary/aromatic N) is 1. The molecule has 6 nitrogen and oxygen atoms in total. The Balaban J connectivity index is 2.77. The summed E-state index contributed by atoms with van der Waals surface area (Å²) in [6, 6.07) is 0. The van der Waals surface area contributed by atoms with Gasteiger partial charge in [0.2, 0.25) is 5.91 Å². The minimum Gasteiger partial charge on any atom is -0.465 e. The quantitative estimate of drug-likeness (QED) is 0.752. The number of anilines is 1. The summed E-state index contributed by atoms with van der Waals surface area (Å²) >= 11 is 1.09. The molecule has 0 aliphatic rings. The van der Waals surface area contributed by atoms with Crippen LogP contribution in [0.2, 0.25) is 0 Å². The van der Waals surface area contributed by atoms with Gasteiger partial charge in [-0.2, -0.15) is 0 Å². The third kappa shape index (κ3) is 3.01. The SMILES string of the molecule is COC(=O)c1sc(NC(=O)CCN)nc1C. The molecule has 0 fully saturated rings. The van der Waals surface area contributed by atoms with Gasteiger partial charge in [-0.1, -0.05) is 11.3 Å². The second kappa shape index (κ2) is 5.57. The number of ether oxygens (including phenoxy) is 1. The molecule has 1 amide bonds. The Hall–Kier alpha value is -1.47. The van der Waals surface area contributed by atoms with Crippen LogP contribution in [0.3, 0.4) is 0 Å². The zero-order valence-corrected chi connectivity index (χ0v) is 9.89. The Morgan fingerprint density at radius 2 is 2.25 bits per heavy atom. The van der Waals surface area contributed by atoms with Gasteiger partial charge >= 0.3 is 5.97 Å². The first kappa shape index (κ1) is 12.6. The third-order valence-electron chi connectivity index (χ3n) is 1.79. The number of hydrogen-bond acceptors (Lipinski definition) is 6. The highest BCUT2D eigenvalue weighted by atomic mass is 32.1. The molecule has 3 N–H and O–H groups in total. The van der Waals surface area contributed by atoms with E-state index in [2.05, 4.69) is 15.0 Å². The van der Waals surface area contributed by atoms with Crippen molar-refractivity contribution < 1.29 is 14.3 Å². The lowest BCUT2D eigenvalue weighted by molar-refractivity contribution is -0.116. The van der Waals surface area contributed by atoms with E-state index in [0.717, 1.165) is 11.3 Å². The van der Waals surface area contributed by atoms with Crippen LogP contribution >= 0.6 is 11.3 Å². The summed E-state index contributed by atoms with van der Waals surface area (Å²) in [6.07, 6.45) is 0.228. The van der Waals surface area contributed by atoms with Gasteiger partial charge in [-0.3, -0.25) is 4.79 Å². The van der Waals surface area contributed by atoms with Crippen LogP contribution in [-0.2, 0) is 9.53 Å². The summed E-state index contributed by atoms with van der Waals surface area (Å²) in [7, 11) is 1.30. The lowest BCUT2D eigenvalue weighted by Crippen LogP contribution is -2.15. The van der Waals surface area contributed by atoms with Crippen LogP contribution in [0.4, 0.5) is 5.13 Å². The molecule has 0 saturated heterocycles. The van der Waals surface area contributed by atoms with Crippen molar-refractivity contribution in [3.8, 4) is 0 Å². The fourth-order valence-corrected chi connectivity index (χ4v) is 1.95. The third-order valence-corrected chi connectivity index (χ3v) is 2.84. The molecule has 0 spiro atoms. The second-order valence-electron chi connectivity index (χ2n) is 3.01. The number of aromatic nitrogens is 1. The molecule has 1 rings (SSSR count). The van der Waals surface area contributed by atoms with Crippen LogP contribution < -0.4 is 11.1 Å². The highest BCUT2D eigenvalue weighted by Gasteiger charge is 2.16. The van der Waals surface area contributed by atoms with Crippen LogP contribution in [0.15, 0.2) is 0 Å². The fourth-order valence-electron chi connectivity index (χ4n) is 1.04. The number of esters is 1. The monoisotopic (exact) mass is 243 g/mol. The Morgan fingerprint density at radius 1 is 1.56 bits per heavy atom. The van der Waals surface area contributed by atoms with Crippen molar-refractivity contribution >= 4 is 28.3 Å². The summed E-state index contributed by atoms with van der Waals surface area (Å²) in [5.41, 5.74) is 5.78. The molecule has 0 aliphatic carbocycles. The molecule has 0 unspecified atom stereocenters. The van der Waals surface area contributed by atoms with Crippen molar-refractivity contribution in [2.75, 3.05) is 19.0 Å². The molecule has 0 bridgehead atoms. The first-order chi connectivity index (χ1) is 7.58. The molecular formula is C9H13N3O3S. The average Bonchev–Trinajstić information content (AvgIpc) is 2.58. The predicted molar refractivity (Wildman–Crippen MR) is 60.5 cm³/mol. The Labute approximate surface area is 96.8 Å². The van der Waals surface area contributed by atoms with Gasteiger partial charge in [0, 0.05) is 13.0 Å². The lowest BCUT2D eigenvalue weighted by Gasteiger charge is -1.97. The minimum atomic E-state index is -0.450. The zero-order valence-electron chi connectivity index (χ0n) is 9.07. The van der Waals surface area contributed by atoms with E-state index < -0.39 is 5.97 Å².